The molecule has 0 aliphatic carbocycles. The highest BCUT2D eigenvalue weighted by Crippen LogP contribution is 2.28. The normalized spacial score (nSPS) is 18.5. The zero-order chi connectivity index (χ0) is 10.9. The lowest BCUT2D eigenvalue weighted by Gasteiger charge is -2.21. The molecular weight excluding hydrogens is 202 g/mol. The van der Waals surface area contributed by atoms with E-state index in [0.717, 1.165) is 0 Å². The van der Waals surface area contributed by atoms with Crippen molar-refractivity contribution >= 4 is 0 Å². The maximum Gasteiger partial charge on any atom is 0.300 e. The summed E-state index contributed by atoms with van der Waals surface area (Å²) in [5, 5.41) is 0. The van der Waals surface area contributed by atoms with Crippen LogP contribution in [0.3, 0.4) is 0 Å². The lowest BCUT2D eigenvalue weighted by atomic mass is 10.3. The molecule has 7 heteroatoms. The molecule has 0 bridgehead atoms. The minimum Gasteiger partial charge on any atom is -0.303 e. The molecule has 0 unspecified atom stereocenters. The van der Waals surface area contributed by atoms with Gasteiger partial charge in [-0.15, -0.1) is 0 Å². The maximum absolute atomic E-state index is 12.1. The van der Waals surface area contributed by atoms with Crippen LogP contribution in [0.1, 0.15) is 13.8 Å². The Bertz CT molecular complexity index is 141. The van der Waals surface area contributed by atoms with Crippen molar-refractivity contribution in [2.45, 2.75) is 38.4 Å². The van der Waals surface area contributed by atoms with E-state index in [4.69, 9.17) is 0 Å². The summed E-state index contributed by atoms with van der Waals surface area (Å²) >= 11 is 0. The van der Waals surface area contributed by atoms with Crippen LogP contribution in [0.5, 0.6) is 0 Å². The highest BCUT2D eigenvalue weighted by Gasteiger charge is 2.43. The molecule has 0 radical (unpaired) electrons. The van der Waals surface area contributed by atoms with Crippen LogP contribution in [0.25, 0.3) is 0 Å². The predicted molar refractivity (Wildman–Crippen MR) is 32.1 cm³/mol. The molecule has 0 heterocycles. The van der Waals surface area contributed by atoms with Crippen LogP contribution in [-0.2, 0) is 4.74 Å². The summed E-state index contributed by atoms with van der Waals surface area (Å²) in [4.78, 5) is 0. The van der Waals surface area contributed by atoms with Crippen molar-refractivity contribution in [1.82, 2.24) is 0 Å². The van der Waals surface area contributed by atoms with Crippen LogP contribution in [0.2, 0.25) is 0 Å². The van der Waals surface area contributed by atoms with Gasteiger partial charge < -0.3 is 4.74 Å². The van der Waals surface area contributed by atoms with Gasteiger partial charge in [-0.1, -0.05) is 0 Å². The van der Waals surface area contributed by atoms with Gasteiger partial charge in [0.1, 0.15) is 0 Å². The first kappa shape index (κ1) is 12.5. The summed E-state index contributed by atoms with van der Waals surface area (Å²) < 4.78 is 75.2. The molecule has 0 spiro atoms. The van der Waals surface area contributed by atoms with Crippen molar-refractivity contribution in [2.24, 2.45) is 0 Å². The molecule has 13 heavy (non-hydrogen) atoms. The molecule has 80 valence electrons. The van der Waals surface area contributed by atoms with Crippen molar-refractivity contribution in [3.8, 4) is 0 Å². The quantitative estimate of drug-likeness (QED) is 0.648. The third-order valence-corrected chi connectivity index (χ3v) is 1.04. The van der Waals surface area contributed by atoms with Crippen molar-refractivity contribution < 1.29 is 31.1 Å². The Kier molecular flexibility index (Phi) is 3.60. The molecule has 0 aromatic rings. The molecule has 0 amide bonds. The van der Waals surface area contributed by atoms with E-state index in [2.05, 4.69) is 4.74 Å². The summed E-state index contributed by atoms with van der Waals surface area (Å²) in [6.07, 6.45) is -6.76. The van der Waals surface area contributed by atoms with Crippen molar-refractivity contribution in [2.75, 3.05) is 0 Å². The Morgan fingerprint density at radius 3 is 1.23 bits per heavy atom. The average Bonchev–Trinajstić information content (AvgIpc) is 1.82. The number of alkyl halides is 6. The van der Waals surface area contributed by atoms with E-state index in [9.17, 15) is 26.3 Å². The molecule has 0 aromatic heterocycles. The van der Waals surface area contributed by atoms with E-state index in [1.54, 1.807) is 0 Å². The van der Waals surface area contributed by atoms with Gasteiger partial charge >= 0.3 is 0 Å². The van der Waals surface area contributed by atoms with Crippen LogP contribution in [0.4, 0.5) is 26.3 Å². The van der Waals surface area contributed by atoms with Crippen LogP contribution >= 0.6 is 0 Å². The van der Waals surface area contributed by atoms with Gasteiger partial charge in [-0.2, -0.15) is 0 Å². The van der Waals surface area contributed by atoms with Crippen molar-refractivity contribution in [3.05, 3.63) is 0 Å². The Balaban J connectivity index is 4.15. The molecule has 0 saturated heterocycles. The monoisotopic (exact) mass is 210 g/mol. The molecule has 0 aromatic carbocycles. The van der Waals surface area contributed by atoms with Gasteiger partial charge in [-0.3, -0.25) is 0 Å². The van der Waals surface area contributed by atoms with Gasteiger partial charge in [0.25, 0.3) is 24.6 Å². The second-order valence-corrected chi connectivity index (χ2v) is 2.68. The summed E-state index contributed by atoms with van der Waals surface area (Å²) in [5.41, 5.74) is 0. The molecule has 0 N–H and O–H groups in total. The number of ether oxygens (including phenoxy) is 1. The Hall–Kier alpha value is -0.460. The molecule has 0 aliphatic rings. The summed E-state index contributed by atoms with van der Waals surface area (Å²) in [6, 6.07) is 0. The average molecular weight is 210 g/mol. The van der Waals surface area contributed by atoms with E-state index in [1.165, 1.54) is 0 Å². The topological polar surface area (TPSA) is 9.23 Å². The number of rotatable bonds is 4. The number of hydrogen-bond acceptors (Lipinski definition) is 1. The molecule has 0 aliphatic heterocycles. The summed E-state index contributed by atoms with van der Waals surface area (Å²) in [5.74, 6) is -8.01. The van der Waals surface area contributed by atoms with Gasteiger partial charge in [0.15, 0.2) is 0 Å². The Labute approximate surface area is 70.7 Å². The van der Waals surface area contributed by atoms with E-state index >= 15 is 0 Å². The molecule has 0 saturated carbocycles. The van der Waals surface area contributed by atoms with Crippen LogP contribution < -0.4 is 0 Å². The second-order valence-electron chi connectivity index (χ2n) is 2.68. The lowest BCUT2D eigenvalue weighted by molar-refractivity contribution is -0.279. The van der Waals surface area contributed by atoms with Crippen molar-refractivity contribution in [3.63, 3.8) is 0 Å². The highest BCUT2D eigenvalue weighted by molar-refractivity contribution is 4.67. The first-order chi connectivity index (χ1) is 5.55. The fourth-order valence-corrected chi connectivity index (χ4v) is 0.344. The number of hydrogen-bond donors (Lipinski definition) is 0. The molecule has 0 rings (SSSR count). The predicted octanol–water partition coefficient (Wildman–Crippen LogP) is 2.90. The van der Waals surface area contributed by atoms with Gasteiger partial charge in [-0.25, -0.2) is 26.3 Å². The smallest absolute Gasteiger partial charge is 0.300 e. The fourth-order valence-electron chi connectivity index (χ4n) is 0.344. The minimum atomic E-state index is -4.00. The zero-order valence-electron chi connectivity index (χ0n) is 6.83. The van der Waals surface area contributed by atoms with Gasteiger partial charge in [0.05, 0.1) is 0 Å². The second kappa shape index (κ2) is 3.73. The minimum absolute atomic E-state index is 0.0954. The lowest BCUT2D eigenvalue weighted by Crippen LogP contribution is -2.37. The largest absolute Gasteiger partial charge is 0.303 e. The summed E-state index contributed by atoms with van der Waals surface area (Å²) in [7, 11) is 0. The Morgan fingerprint density at radius 2 is 1.08 bits per heavy atom. The molecule has 0 fully saturated rings. The highest BCUT2D eigenvalue weighted by atomic mass is 19.3. The fraction of sp³-hybridized carbons (Fsp3) is 1.00. The van der Waals surface area contributed by atoms with Gasteiger partial charge in [-0.05, 0) is 0 Å². The van der Waals surface area contributed by atoms with Crippen LogP contribution in [0, 0.1) is 0 Å². The summed E-state index contributed by atoms with van der Waals surface area (Å²) in [6.45, 7) is 0.191. The Morgan fingerprint density at radius 1 is 0.846 bits per heavy atom. The third-order valence-electron chi connectivity index (χ3n) is 1.04. The maximum atomic E-state index is 12.1. The van der Waals surface area contributed by atoms with E-state index < -0.39 is 24.6 Å². The van der Waals surface area contributed by atoms with Crippen LogP contribution in [0.15, 0.2) is 0 Å². The van der Waals surface area contributed by atoms with Crippen LogP contribution in [-0.4, -0.2) is 24.6 Å². The first-order valence-electron chi connectivity index (χ1n) is 3.24. The number of halogens is 6. The molecule has 1 nitrogen and oxygen atoms in total. The standard InChI is InChI=1S/C6H8F6O/c1-5(9,10)3(7)13-4(8)6(2,11)12/h3-4H,1-2H3/t3-,4-/m1/s1. The van der Waals surface area contributed by atoms with Gasteiger partial charge in [0.2, 0.25) is 0 Å². The first-order valence-corrected chi connectivity index (χ1v) is 3.24. The zero-order valence-corrected chi connectivity index (χ0v) is 6.83. The van der Waals surface area contributed by atoms with Crippen molar-refractivity contribution in [1.29, 1.82) is 0 Å². The third kappa shape index (κ3) is 4.35. The van der Waals surface area contributed by atoms with E-state index in [0.29, 0.717) is 0 Å². The molecular formula is C6H8F6O. The van der Waals surface area contributed by atoms with E-state index in [1.807, 2.05) is 0 Å². The van der Waals surface area contributed by atoms with Gasteiger partial charge in [0, 0.05) is 13.8 Å². The molecule has 2 atom stereocenters. The SMILES string of the molecule is CC(F)(F)[C@H](F)O[C@@H](F)C(C)(F)F. The van der Waals surface area contributed by atoms with E-state index in [-0.39, 0.29) is 13.8 Å².